The molecule has 0 aliphatic rings. The molecule has 2 aromatic rings. The van der Waals surface area contributed by atoms with Crippen LogP contribution in [-0.4, -0.2) is 18.2 Å². The lowest BCUT2D eigenvalue weighted by molar-refractivity contribution is 0.595. The second-order valence-corrected chi connectivity index (χ2v) is 6.73. The number of benzene rings is 1. The van der Waals surface area contributed by atoms with Gasteiger partial charge in [-0.2, -0.15) is 5.10 Å². The van der Waals surface area contributed by atoms with E-state index in [9.17, 15) is 8.42 Å². The van der Waals surface area contributed by atoms with Crippen LogP contribution in [0.2, 0.25) is 0 Å². The molecule has 0 aliphatic carbocycles. The molecule has 0 saturated heterocycles. The van der Waals surface area contributed by atoms with Crippen molar-refractivity contribution in [1.82, 2.24) is 9.78 Å². The number of sulfonamides is 1. The van der Waals surface area contributed by atoms with Crippen LogP contribution in [0.3, 0.4) is 0 Å². The predicted octanol–water partition coefficient (Wildman–Crippen LogP) is 2.26. The molecule has 6 heteroatoms. The second-order valence-electron chi connectivity index (χ2n) is 5.23. The normalized spacial score (nSPS) is 11.9. The number of aromatic nitrogens is 2. The van der Waals surface area contributed by atoms with E-state index in [2.05, 4.69) is 11.2 Å². The lowest BCUT2D eigenvalue weighted by Gasteiger charge is -2.09. The van der Waals surface area contributed by atoms with Gasteiger partial charge in [-0.15, -0.1) is 0 Å². The highest BCUT2D eigenvalue weighted by Crippen LogP contribution is 2.24. The molecule has 0 spiro atoms. The summed E-state index contributed by atoms with van der Waals surface area (Å²) in [4.78, 5) is 0.173. The minimum absolute atomic E-state index is 0.173. The van der Waals surface area contributed by atoms with Crippen molar-refractivity contribution in [3.8, 4) is 5.69 Å². The average molecular weight is 307 g/mol. The predicted molar refractivity (Wildman–Crippen MR) is 83.2 cm³/mol. The van der Waals surface area contributed by atoms with E-state index in [-0.39, 0.29) is 4.90 Å². The Hall–Kier alpha value is -1.66. The van der Waals surface area contributed by atoms with Gasteiger partial charge in [0.25, 0.3) is 0 Å². The number of nitrogens with zero attached hydrogens (tertiary/aromatic N) is 2. The van der Waals surface area contributed by atoms with Crippen LogP contribution < -0.4 is 5.14 Å². The van der Waals surface area contributed by atoms with Crippen molar-refractivity contribution < 1.29 is 8.42 Å². The summed E-state index contributed by atoms with van der Waals surface area (Å²) in [5.41, 5.74) is 4.25. The zero-order valence-electron chi connectivity index (χ0n) is 12.8. The molecule has 0 aliphatic heterocycles. The molecule has 0 unspecified atom stereocenters. The van der Waals surface area contributed by atoms with Crippen LogP contribution in [0.25, 0.3) is 5.69 Å². The summed E-state index contributed by atoms with van der Waals surface area (Å²) >= 11 is 0. The van der Waals surface area contributed by atoms with Crippen LogP contribution in [0.15, 0.2) is 23.1 Å². The molecule has 5 nitrogen and oxygen atoms in total. The van der Waals surface area contributed by atoms with Crippen LogP contribution in [-0.2, 0) is 22.9 Å². The summed E-state index contributed by atoms with van der Waals surface area (Å²) in [7, 11) is -3.78. The van der Waals surface area contributed by atoms with Gasteiger partial charge in [0.2, 0.25) is 10.0 Å². The Morgan fingerprint density at radius 1 is 1.10 bits per heavy atom. The van der Waals surface area contributed by atoms with E-state index < -0.39 is 10.0 Å². The van der Waals surface area contributed by atoms with Crippen molar-refractivity contribution in [2.45, 2.75) is 45.4 Å². The molecular formula is C15H21N3O2S. The Labute approximate surface area is 125 Å². The Morgan fingerprint density at radius 2 is 1.67 bits per heavy atom. The number of aryl methyl sites for hydroxylation is 3. The first-order valence-corrected chi connectivity index (χ1v) is 8.54. The highest BCUT2D eigenvalue weighted by atomic mass is 32.2. The standard InChI is InChI=1S/C15H21N3O2S/c1-5-13-15(21(16,19)20)14(6-2)18(17-13)12-8-10(3)7-11(4)9-12/h7-9H,5-6H2,1-4H3,(H2,16,19,20). The molecule has 1 heterocycles. The van der Waals surface area contributed by atoms with Crippen molar-refractivity contribution in [2.75, 3.05) is 0 Å². The number of primary sulfonamides is 1. The lowest BCUT2D eigenvalue weighted by atomic mass is 10.1. The molecule has 0 atom stereocenters. The fourth-order valence-electron chi connectivity index (χ4n) is 2.65. The average Bonchev–Trinajstić information content (AvgIpc) is 2.75. The van der Waals surface area contributed by atoms with E-state index in [0.29, 0.717) is 24.2 Å². The quantitative estimate of drug-likeness (QED) is 0.941. The fourth-order valence-corrected chi connectivity index (χ4v) is 3.72. The first-order chi connectivity index (χ1) is 9.77. The molecule has 0 fully saturated rings. The molecule has 1 aromatic heterocycles. The number of hydrogen-bond donors (Lipinski definition) is 1. The molecule has 114 valence electrons. The van der Waals surface area contributed by atoms with Gasteiger partial charge in [0, 0.05) is 0 Å². The molecule has 1 aromatic carbocycles. The van der Waals surface area contributed by atoms with E-state index in [0.717, 1.165) is 16.8 Å². The topological polar surface area (TPSA) is 78.0 Å². The molecule has 2 rings (SSSR count). The van der Waals surface area contributed by atoms with Crippen molar-refractivity contribution in [2.24, 2.45) is 5.14 Å². The van der Waals surface area contributed by atoms with Crippen LogP contribution in [0.1, 0.15) is 36.4 Å². The van der Waals surface area contributed by atoms with Crippen molar-refractivity contribution in [3.63, 3.8) is 0 Å². The smallest absolute Gasteiger partial charge is 0.236 e. The lowest BCUT2D eigenvalue weighted by Crippen LogP contribution is -2.16. The Balaban J connectivity index is 2.78. The first kappa shape index (κ1) is 15.7. The first-order valence-electron chi connectivity index (χ1n) is 7.00. The summed E-state index contributed by atoms with van der Waals surface area (Å²) in [6.45, 7) is 7.80. The van der Waals surface area contributed by atoms with E-state index >= 15 is 0 Å². The maximum absolute atomic E-state index is 11.9. The minimum Gasteiger partial charge on any atom is -0.236 e. The molecule has 0 radical (unpaired) electrons. The molecule has 0 bridgehead atoms. The molecule has 0 saturated carbocycles. The van der Waals surface area contributed by atoms with E-state index in [1.807, 2.05) is 39.8 Å². The van der Waals surface area contributed by atoms with Crippen LogP contribution in [0.4, 0.5) is 0 Å². The van der Waals surface area contributed by atoms with Crippen LogP contribution >= 0.6 is 0 Å². The number of rotatable bonds is 4. The van der Waals surface area contributed by atoms with Gasteiger partial charge < -0.3 is 0 Å². The van der Waals surface area contributed by atoms with Crippen LogP contribution in [0.5, 0.6) is 0 Å². The summed E-state index contributed by atoms with van der Waals surface area (Å²) in [6, 6.07) is 6.05. The number of hydrogen-bond acceptors (Lipinski definition) is 3. The SMILES string of the molecule is CCc1nn(-c2cc(C)cc(C)c2)c(CC)c1S(N)(=O)=O. The van der Waals surface area contributed by atoms with E-state index in [4.69, 9.17) is 5.14 Å². The third-order valence-electron chi connectivity index (χ3n) is 3.41. The van der Waals surface area contributed by atoms with E-state index in [1.165, 1.54) is 0 Å². The third kappa shape index (κ3) is 3.01. The summed E-state index contributed by atoms with van der Waals surface area (Å²) in [5, 5.41) is 9.86. The van der Waals surface area contributed by atoms with Gasteiger partial charge in [-0.25, -0.2) is 18.2 Å². The summed E-state index contributed by atoms with van der Waals surface area (Å²) in [6.07, 6.45) is 1.07. The third-order valence-corrected chi connectivity index (χ3v) is 4.45. The Morgan fingerprint density at radius 3 is 2.10 bits per heavy atom. The zero-order valence-corrected chi connectivity index (χ0v) is 13.7. The second kappa shape index (κ2) is 5.61. The minimum atomic E-state index is -3.78. The highest BCUT2D eigenvalue weighted by Gasteiger charge is 2.24. The van der Waals surface area contributed by atoms with Gasteiger partial charge in [-0.1, -0.05) is 19.9 Å². The fraction of sp³-hybridized carbons (Fsp3) is 0.400. The van der Waals surface area contributed by atoms with Gasteiger partial charge in [0.1, 0.15) is 4.90 Å². The van der Waals surface area contributed by atoms with Crippen LogP contribution in [0, 0.1) is 13.8 Å². The van der Waals surface area contributed by atoms with Gasteiger partial charge in [0.05, 0.1) is 17.1 Å². The summed E-state index contributed by atoms with van der Waals surface area (Å²) in [5.74, 6) is 0. The molecule has 21 heavy (non-hydrogen) atoms. The van der Waals surface area contributed by atoms with Crippen molar-refractivity contribution in [1.29, 1.82) is 0 Å². The zero-order chi connectivity index (χ0) is 15.8. The maximum atomic E-state index is 11.9. The molecule has 0 amide bonds. The van der Waals surface area contributed by atoms with Gasteiger partial charge >= 0.3 is 0 Å². The molecule has 2 N–H and O–H groups in total. The van der Waals surface area contributed by atoms with Gasteiger partial charge in [-0.05, 0) is 49.9 Å². The largest absolute Gasteiger partial charge is 0.241 e. The van der Waals surface area contributed by atoms with Crippen molar-refractivity contribution >= 4 is 10.0 Å². The Bertz CT molecular complexity index is 756. The monoisotopic (exact) mass is 307 g/mol. The van der Waals surface area contributed by atoms with Crippen molar-refractivity contribution in [3.05, 3.63) is 40.7 Å². The molecular weight excluding hydrogens is 286 g/mol. The summed E-state index contributed by atoms with van der Waals surface area (Å²) < 4.78 is 25.5. The van der Waals surface area contributed by atoms with E-state index in [1.54, 1.807) is 4.68 Å². The maximum Gasteiger partial charge on any atom is 0.241 e. The van der Waals surface area contributed by atoms with Gasteiger partial charge in [0.15, 0.2) is 0 Å². The van der Waals surface area contributed by atoms with Gasteiger partial charge in [-0.3, -0.25) is 0 Å². The number of nitrogens with two attached hydrogens (primary N) is 1. The highest BCUT2D eigenvalue weighted by molar-refractivity contribution is 7.89. The Kier molecular flexibility index (Phi) is 4.20.